The Balaban J connectivity index is 2.24. The molecule has 1 aliphatic rings. The second-order valence-electron chi connectivity index (χ2n) is 5.66. The number of para-hydroxylation sites is 1. The fourth-order valence-electron chi connectivity index (χ4n) is 3.15. The molecule has 2 N–H and O–H groups in total. The number of benzene rings is 2. The molecule has 0 fully saturated rings. The third-order valence-corrected chi connectivity index (χ3v) is 4.13. The van der Waals surface area contributed by atoms with Gasteiger partial charge in [-0.1, -0.05) is 35.9 Å². The van der Waals surface area contributed by atoms with Crippen LogP contribution >= 0.6 is 0 Å². The monoisotopic (exact) mass is 297 g/mol. The molecule has 2 aromatic rings. The number of ether oxygens (including phenoxy) is 1. The highest BCUT2D eigenvalue weighted by molar-refractivity contribution is 5.80. The highest BCUT2D eigenvalue weighted by Crippen LogP contribution is 2.46. The lowest BCUT2D eigenvalue weighted by molar-refractivity contribution is -0.139. The normalized spacial score (nSPS) is 19.5. The maximum Gasteiger partial charge on any atom is 0.311 e. The summed E-state index contributed by atoms with van der Waals surface area (Å²) in [5.41, 5.74) is 2.76. The second kappa shape index (κ2) is 5.81. The average Bonchev–Trinajstić information content (AvgIpc) is 2.62. The fraction of sp³-hybridized carbons (Fsp3) is 0.278. The van der Waals surface area contributed by atoms with Gasteiger partial charge in [0.15, 0.2) is 0 Å². The topological polar surface area (TPSA) is 58.6 Å². The molecule has 0 bridgehead atoms. The maximum absolute atomic E-state index is 12.0. The van der Waals surface area contributed by atoms with E-state index < -0.39 is 11.9 Å². The smallest absolute Gasteiger partial charge is 0.311 e. The van der Waals surface area contributed by atoms with E-state index in [0.29, 0.717) is 12.3 Å². The predicted octanol–water partition coefficient (Wildman–Crippen LogP) is 3.27. The molecule has 0 saturated heterocycles. The van der Waals surface area contributed by atoms with Crippen LogP contribution in [0.1, 0.15) is 28.5 Å². The Hall–Kier alpha value is -2.33. The van der Waals surface area contributed by atoms with Crippen molar-refractivity contribution in [2.75, 3.05) is 13.6 Å². The lowest BCUT2D eigenvalue weighted by atomic mass is 9.81. The van der Waals surface area contributed by atoms with Gasteiger partial charge in [0.2, 0.25) is 0 Å². The molecule has 1 heterocycles. The van der Waals surface area contributed by atoms with E-state index in [9.17, 15) is 9.90 Å². The van der Waals surface area contributed by atoms with Crippen LogP contribution in [0.15, 0.2) is 42.5 Å². The van der Waals surface area contributed by atoms with Gasteiger partial charge in [-0.15, -0.1) is 0 Å². The third-order valence-electron chi connectivity index (χ3n) is 4.13. The molecule has 114 valence electrons. The Kier molecular flexibility index (Phi) is 3.86. The Morgan fingerprint density at radius 1 is 1.18 bits per heavy atom. The van der Waals surface area contributed by atoms with E-state index in [1.54, 1.807) is 0 Å². The fourth-order valence-corrected chi connectivity index (χ4v) is 3.15. The SMILES string of the molecule is CNC[C@@H]1c2cc(C)ccc2Oc2ccccc2[C@H]1C(=O)O. The first-order valence-corrected chi connectivity index (χ1v) is 7.36. The summed E-state index contributed by atoms with van der Waals surface area (Å²) in [6.45, 7) is 2.58. The number of carbonyl (C=O) groups is 1. The zero-order valence-electron chi connectivity index (χ0n) is 12.7. The van der Waals surface area contributed by atoms with Gasteiger partial charge in [-0.3, -0.25) is 4.79 Å². The molecule has 4 nitrogen and oxygen atoms in total. The molecule has 0 unspecified atom stereocenters. The molecule has 0 amide bonds. The van der Waals surface area contributed by atoms with E-state index >= 15 is 0 Å². The summed E-state index contributed by atoms with van der Waals surface area (Å²) in [4.78, 5) is 12.0. The van der Waals surface area contributed by atoms with Gasteiger partial charge >= 0.3 is 5.97 Å². The number of carboxylic acids is 1. The number of rotatable bonds is 3. The number of fused-ring (bicyclic) bond motifs is 2. The highest BCUT2D eigenvalue weighted by atomic mass is 16.5. The molecular formula is C18H19NO3. The first-order valence-electron chi connectivity index (χ1n) is 7.36. The van der Waals surface area contributed by atoms with E-state index in [2.05, 4.69) is 5.32 Å². The van der Waals surface area contributed by atoms with Gasteiger partial charge in [-0.2, -0.15) is 0 Å². The zero-order valence-corrected chi connectivity index (χ0v) is 12.7. The van der Waals surface area contributed by atoms with Crippen LogP contribution in [0.4, 0.5) is 0 Å². The molecule has 4 heteroatoms. The standard InChI is InChI=1S/C18H19NO3/c1-11-7-8-16-13(9-11)14(10-19-2)17(18(20)21)12-5-3-4-6-15(12)22-16/h3-9,14,17,19H,10H2,1-2H3,(H,20,21)/t14-,17-/m1/s1. The summed E-state index contributed by atoms with van der Waals surface area (Å²) >= 11 is 0. The maximum atomic E-state index is 12.0. The van der Waals surface area contributed by atoms with E-state index in [1.807, 2.05) is 56.4 Å². The van der Waals surface area contributed by atoms with Crippen LogP contribution in [-0.4, -0.2) is 24.7 Å². The van der Waals surface area contributed by atoms with Gasteiger partial charge in [0.05, 0.1) is 5.92 Å². The van der Waals surface area contributed by atoms with Crippen LogP contribution < -0.4 is 10.1 Å². The molecule has 0 aromatic heterocycles. The number of likely N-dealkylation sites (N-methyl/N-ethyl adjacent to an activating group) is 1. The number of aliphatic carboxylic acids is 1. The summed E-state index contributed by atoms with van der Waals surface area (Å²) in [5.74, 6) is -0.279. The first-order chi connectivity index (χ1) is 10.6. The van der Waals surface area contributed by atoms with Crippen LogP contribution in [-0.2, 0) is 4.79 Å². The molecule has 0 spiro atoms. The quantitative estimate of drug-likeness (QED) is 0.913. The minimum atomic E-state index is -0.828. The van der Waals surface area contributed by atoms with Crippen molar-refractivity contribution in [2.45, 2.75) is 18.8 Å². The van der Waals surface area contributed by atoms with Crippen molar-refractivity contribution in [3.05, 3.63) is 59.2 Å². The Bertz CT molecular complexity index is 711. The van der Waals surface area contributed by atoms with E-state index in [1.165, 1.54) is 0 Å². The van der Waals surface area contributed by atoms with Gasteiger partial charge in [0.1, 0.15) is 11.5 Å². The van der Waals surface area contributed by atoms with Gasteiger partial charge in [-0.25, -0.2) is 0 Å². The molecule has 3 rings (SSSR count). The largest absolute Gasteiger partial charge is 0.481 e. The number of nitrogens with one attached hydrogen (secondary N) is 1. The third kappa shape index (κ3) is 2.46. The second-order valence-corrected chi connectivity index (χ2v) is 5.66. The molecule has 2 atom stereocenters. The molecular weight excluding hydrogens is 278 g/mol. The van der Waals surface area contributed by atoms with Crippen LogP contribution in [0.2, 0.25) is 0 Å². The van der Waals surface area contributed by atoms with Crippen molar-refractivity contribution in [1.29, 1.82) is 0 Å². The molecule has 0 radical (unpaired) electrons. The molecule has 0 aliphatic carbocycles. The summed E-state index contributed by atoms with van der Waals surface area (Å²) < 4.78 is 6.02. The van der Waals surface area contributed by atoms with Crippen molar-refractivity contribution in [3.63, 3.8) is 0 Å². The molecule has 2 aromatic carbocycles. The van der Waals surface area contributed by atoms with Crippen LogP contribution in [0.25, 0.3) is 0 Å². The Labute approximate surface area is 129 Å². The summed E-state index contributed by atoms with van der Waals surface area (Å²) in [7, 11) is 1.84. The highest BCUT2D eigenvalue weighted by Gasteiger charge is 2.36. The minimum Gasteiger partial charge on any atom is -0.481 e. The molecule has 22 heavy (non-hydrogen) atoms. The lowest BCUT2D eigenvalue weighted by Gasteiger charge is -2.23. The molecule has 0 saturated carbocycles. The Morgan fingerprint density at radius 3 is 2.64 bits per heavy atom. The van der Waals surface area contributed by atoms with Crippen LogP contribution in [0.3, 0.4) is 0 Å². The first kappa shape index (κ1) is 14.6. The summed E-state index contributed by atoms with van der Waals surface area (Å²) in [5, 5.41) is 12.9. The van der Waals surface area contributed by atoms with E-state index in [4.69, 9.17) is 4.74 Å². The van der Waals surface area contributed by atoms with Crippen molar-refractivity contribution in [2.24, 2.45) is 0 Å². The average molecular weight is 297 g/mol. The zero-order chi connectivity index (χ0) is 15.7. The Morgan fingerprint density at radius 2 is 1.91 bits per heavy atom. The van der Waals surface area contributed by atoms with Gasteiger partial charge in [0.25, 0.3) is 0 Å². The molecule has 1 aliphatic heterocycles. The van der Waals surface area contributed by atoms with Gasteiger partial charge < -0.3 is 15.2 Å². The van der Waals surface area contributed by atoms with E-state index in [-0.39, 0.29) is 5.92 Å². The number of aryl methyl sites for hydroxylation is 1. The minimum absolute atomic E-state index is 0.180. The lowest BCUT2D eigenvalue weighted by Crippen LogP contribution is -2.27. The number of hydrogen-bond acceptors (Lipinski definition) is 3. The summed E-state index contributed by atoms with van der Waals surface area (Å²) in [6, 6.07) is 13.3. The van der Waals surface area contributed by atoms with Crippen LogP contribution in [0, 0.1) is 6.92 Å². The van der Waals surface area contributed by atoms with Crippen molar-refractivity contribution in [1.82, 2.24) is 5.32 Å². The van der Waals surface area contributed by atoms with Crippen molar-refractivity contribution in [3.8, 4) is 11.5 Å². The van der Waals surface area contributed by atoms with Crippen molar-refractivity contribution < 1.29 is 14.6 Å². The van der Waals surface area contributed by atoms with Gasteiger partial charge in [0, 0.05) is 23.6 Å². The number of hydrogen-bond donors (Lipinski definition) is 2. The van der Waals surface area contributed by atoms with Crippen LogP contribution in [0.5, 0.6) is 11.5 Å². The number of carboxylic acid groups (broad SMARTS) is 1. The van der Waals surface area contributed by atoms with Gasteiger partial charge in [-0.05, 0) is 26.1 Å². The van der Waals surface area contributed by atoms with Crippen molar-refractivity contribution >= 4 is 5.97 Å². The van der Waals surface area contributed by atoms with E-state index in [0.717, 1.165) is 22.4 Å². The summed E-state index contributed by atoms with van der Waals surface area (Å²) in [6.07, 6.45) is 0. The predicted molar refractivity (Wildman–Crippen MR) is 84.7 cm³/mol.